The Balaban J connectivity index is 1.74. The maximum Gasteiger partial charge on any atom is 0.237 e. The standard InChI is InChI=1S/C22H21NO2S/c1-25-20-13-8-14-21(15-20)26-17-22(24)23(19-11-6-3-7-12-19)16-18-9-4-2-5-10-18/h2-15H,16-17H2,1H3. The second-order valence-electron chi connectivity index (χ2n) is 5.77. The summed E-state index contributed by atoms with van der Waals surface area (Å²) in [5.74, 6) is 1.24. The van der Waals surface area contributed by atoms with E-state index < -0.39 is 0 Å². The lowest BCUT2D eigenvalue weighted by Crippen LogP contribution is -2.31. The van der Waals surface area contributed by atoms with Crippen molar-refractivity contribution in [3.8, 4) is 5.75 Å². The first kappa shape index (κ1) is 18.1. The summed E-state index contributed by atoms with van der Waals surface area (Å²) < 4.78 is 5.25. The third-order valence-electron chi connectivity index (χ3n) is 3.96. The van der Waals surface area contributed by atoms with Crippen LogP contribution < -0.4 is 9.64 Å². The summed E-state index contributed by atoms with van der Waals surface area (Å²) in [7, 11) is 1.64. The Hall–Kier alpha value is -2.72. The summed E-state index contributed by atoms with van der Waals surface area (Å²) in [4.78, 5) is 15.8. The van der Waals surface area contributed by atoms with Gasteiger partial charge in [0, 0.05) is 10.6 Å². The first-order chi connectivity index (χ1) is 12.8. The number of nitrogens with zero attached hydrogens (tertiary/aromatic N) is 1. The van der Waals surface area contributed by atoms with E-state index >= 15 is 0 Å². The van der Waals surface area contributed by atoms with Gasteiger partial charge in [-0.2, -0.15) is 0 Å². The minimum Gasteiger partial charge on any atom is -0.497 e. The van der Waals surface area contributed by atoms with E-state index in [0.29, 0.717) is 12.3 Å². The highest BCUT2D eigenvalue weighted by Crippen LogP contribution is 2.25. The predicted octanol–water partition coefficient (Wildman–Crippen LogP) is 5.02. The molecule has 0 radical (unpaired) electrons. The van der Waals surface area contributed by atoms with E-state index in [9.17, 15) is 4.79 Å². The van der Waals surface area contributed by atoms with Crippen molar-refractivity contribution in [3.63, 3.8) is 0 Å². The number of carbonyl (C=O) groups excluding carboxylic acids is 1. The highest BCUT2D eigenvalue weighted by atomic mass is 32.2. The number of hydrogen-bond acceptors (Lipinski definition) is 3. The quantitative estimate of drug-likeness (QED) is 0.552. The molecule has 0 saturated heterocycles. The third-order valence-corrected chi connectivity index (χ3v) is 4.93. The van der Waals surface area contributed by atoms with Crippen LogP contribution in [0.3, 0.4) is 0 Å². The van der Waals surface area contributed by atoms with Gasteiger partial charge in [0.2, 0.25) is 5.91 Å². The zero-order valence-electron chi connectivity index (χ0n) is 14.7. The molecule has 0 aliphatic carbocycles. The molecule has 3 aromatic carbocycles. The lowest BCUT2D eigenvalue weighted by Gasteiger charge is -2.23. The van der Waals surface area contributed by atoms with Crippen LogP contribution in [0.4, 0.5) is 5.69 Å². The van der Waals surface area contributed by atoms with Gasteiger partial charge in [-0.25, -0.2) is 0 Å². The number of rotatable bonds is 7. The normalized spacial score (nSPS) is 10.3. The summed E-state index contributed by atoms with van der Waals surface area (Å²) >= 11 is 1.52. The van der Waals surface area contributed by atoms with Crippen LogP contribution in [0.1, 0.15) is 5.56 Å². The van der Waals surface area contributed by atoms with Gasteiger partial charge >= 0.3 is 0 Å². The van der Waals surface area contributed by atoms with Crippen molar-refractivity contribution in [2.75, 3.05) is 17.8 Å². The minimum atomic E-state index is 0.0767. The van der Waals surface area contributed by atoms with E-state index in [4.69, 9.17) is 4.74 Å². The molecule has 0 N–H and O–H groups in total. The minimum absolute atomic E-state index is 0.0767. The van der Waals surface area contributed by atoms with Gasteiger partial charge < -0.3 is 9.64 Å². The Morgan fingerprint density at radius 3 is 2.31 bits per heavy atom. The van der Waals surface area contributed by atoms with Crippen LogP contribution in [0.5, 0.6) is 5.75 Å². The van der Waals surface area contributed by atoms with Crippen LogP contribution in [0.15, 0.2) is 89.8 Å². The molecule has 0 unspecified atom stereocenters. The molecule has 0 aromatic heterocycles. The van der Waals surface area contributed by atoms with Gasteiger partial charge in [-0.1, -0.05) is 54.6 Å². The van der Waals surface area contributed by atoms with E-state index in [1.807, 2.05) is 89.8 Å². The fraction of sp³-hybridized carbons (Fsp3) is 0.136. The topological polar surface area (TPSA) is 29.5 Å². The zero-order chi connectivity index (χ0) is 18.2. The number of hydrogen-bond donors (Lipinski definition) is 0. The molecule has 4 heteroatoms. The van der Waals surface area contributed by atoms with Crippen molar-refractivity contribution in [2.24, 2.45) is 0 Å². The fourth-order valence-electron chi connectivity index (χ4n) is 2.61. The molecule has 0 bridgehead atoms. The highest BCUT2D eigenvalue weighted by molar-refractivity contribution is 8.00. The van der Waals surface area contributed by atoms with Gasteiger partial charge in [0.15, 0.2) is 0 Å². The van der Waals surface area contributed by atoms with E-state index in [2.05, 4.69) is 0 Å². The molecular formula is C22H21NO2S. The maximum atomic E-state index is 12.9. The molecule has 1 amide bonds. The SMILES string of the molecule is COc1cccc(SCC(=O)N(Cc2ccccc2)c2ccccc2)c1. The molecule has 0 aliphatic heterocycles. The van der Waals surface area contributed by atoms with Gasteiger partial charge in [0.05, 0.1) is 19.4 Å². The Kier molecular flexibility index (Phi) is 6.34. The Morgan fingerprint density at radius 1 is 0.923 bits per heavy atom. The summed E-state index contributed by atoms with van der Waals surface area (Å²) in [6.07, 6.45) is 0. The lowest BCUT2D eigenvalue weighted by molar-refractivity contribution is -0.116. The van der Waals surface area contributed by atoms with Crippen LogP contribution in [0, 0.1) is 0 Å². The lowest BCUT2D eigenvalue weighted by atomic mass is 10.2. The van der Waals surface area contributed by atoms with Gasteiger partial charge in [-0.15, -0.1) is 11.8 Å². The average Bonchev–Trinajstić information content (AvgIpc) is 2.72. The molecular weight excluding hydrogens is 342 g/mol. The first-order valence-corrected chi connectivity index (χ1v) is 9.41. The van der Waals surface area contributed by atoms with Crippen molar-refractivity contribution in [2.45, 2.75) is 11.4 Å². The molecule has 26 heavy (non-hydrogen) atoms. The van der Waals surface area contributed by atoms with Gasteiger partial charge in [-0.05, 0) is 35.9 Å². The van der Waals surface area contributed by atoms with Crippen LogP contribution in [0.2, 0.25) is 0 Å². The number of para-hydroxylation sites is 1. The molecule has 0 spiro atoms. The number of thioether (sulfide) groups is 1. The van der Waals surface area contributed by atoms with Crippen LogP contribution in [-0.4, -0.2) is 18.8 Å². The molecule has 3 nitrogen and oxygen atoms in total. The van der Waals surface area contributed by atoms with Crippen molar-refractivity contribution in [1.82, 2.24) is 0 Å². The van der Waals surface area contributed by atoms with Crippen molar-refractivity contribution < 1.29 is 9.53 Å². The largest absolute Gasteiger partial charge is 0.497 e. The number of anilines is 1. The van der Waals surface area contributed by atoms with Gasteiger partial charge in [-0.3, -0.25) is 4.79 Å². The van der Waals surface area contributed by atoms with E-state index in [1.54, 1.807) is 7.11 Å². The maximum absolute atomic E-state index is 12.9. The molecule has 3 rings (SSSR count). The number of ether oxygens (including phenoxy) is 1. The number of carbonyl (C=O) groups is 1. The smallest absolute Gasteiger partial charge is 0.237 e. The molecule has 0 atom stereocenters. The number of benzene rings is 3. The third kappa shape index (κ3) is 4.90. The Bertz CT molecular complexity index is 837. The summed E-state index contributed by atoms with van der Waals surface area (Å²) in [5, 5.41) is 0. The predicted molar refractivity (Wildman–Crippen MR) is 108 cm³/mol. The molecule has 0 fully saturated rings. The van der Waals surface area contributed by atoms with Crippen molar-refractivity contribution in [3.05, 3.63) is 90.5 Å². The fourth-order valence-corrected chi connectivity index (χ4v) is 3.43. The second kappa shape index (κ2) is 9.11. The number of amides is 1. The van der Waals surface area contributed by atoms with Crippen LogP contribution in [0.25, 0.3) is 0 Å². The summed E-state index contributed by atoms with van der Waals surface area (Å²) in [6, 6.07) is 27.6. The zero-order valence-corrected chi connectivity index (χ0v) is 15.5. The van der Waals surface area contributed by atoms with Gasteiger partial charge in [0.25, 0.3) is 0 Å². The first-order valence-electron chi connectivity index (χ1n) is 8.42. The monoisotopic (exact) mass is 363 g/mol. The second-order valence-corrected chi connectivity index (χ2v) is 6.82. The van der Waals surface area contributed by atoms with Crippen LogP contribution >= 0.6 is 11.8 Å². The van der Waals surface area contributed by atoms with Crippen LogP contribution in [-0.2, 0) is 11.3 Å². The Morgan fingerprint density at radius 2 is 1.62 bits per heavy atom. The van der Waals surface area contributed by atoms with Crippen molar-refractivity contribution in [1.29, 1.82) is 0 Å². The molecule has 0 heterocycles. The number of methoxy groups -OCH3 is 1. The van der Waals surface area contributed by atoms with E-state index in [-0.39, 0.29) is 5.91 Å². The highest BCUT2D eigenvalue weighted by Gasteiger charge is 2.16. The Labute approximate surface area is 158 Å². The average molecular weight is 363 g/mol. The van der Waals surface area contributed by atoms with E-state index in [0.717, 1.165) is 21.9 Å². The molecule has 0 saturated carbocycles. The molecule has 132 valence electrons. The molecule has 0 aliphatic rings. The van der Waals surface area contributed by atoms with Crippen molar-refractivity contribution >= 4 is 23.4 Å². The van der Waals surface area contributed by atoms with Gasteiger partial charge in [0.1, 0.15) is 5.75 Å². The van der Waals surface area contributed by atoms with E-state index in [1.165, 1.54) is 11.8 Å². The summed E-state index contributed by atoms with van der Waals surface area (Å²) in [5.41, 5.74) is 2.02. The summed E-state index contributed by atoms with van der Waals surface area (Å²) in [6.45, 7) is 0.558. The molecule has 3 aromatic rings.